The Balaban J connectivity index is 2.27. The van der Waals surface area contributed by atoms with Gasteiger partial charge in [-0.15, -0.1) is 0 Å². The smallest absolute Gasteiger partial charge is 0.306 e. The number of nitrogens with zero attached hydrogens (tertiary/aromatic N) is 1. The van der Waals surface area contributed by atoms with E-state index in [4.69, 9.17) is 5.84 Å². The maximum Gasteiger partial charge on any atom is 0.306 e. The van der Waals surface area contributed by atoms with Gasteiger partial charge in [-0.3, -0.25) is 20.8 Å². The van der Waals surface area contributed by atoms with Crippen LogP contribution in [0, 0.1) is 16.0 Å². The van der Waals surface area contributed by atoms with Gasteiger partial charge < -0.3 is 10.7 Å². The molecule has 4 N–H and O–H groups in total. The monoisotopic (exact) mass is 278 g/mol. The second-order valence-corrected chi connectivity index (χ2v) is 5.09. The third-order valence-electron chi connectivity index (χ3n) is 3.80. The van der Waals surface area contributed by atoms with Crippen LogP contribution in [0.15, 0.2) is 18.2 Å². The maximum absolute atomic E-state index is 12.3. The number of carbonyl (C=O) groups is 1. The van der Waals surface area contributed by atoms with Crippen LogP contribution in [0.3, 0.4) is 0 Å². The zero-order chi connectivity index (χ0) is 14.7. The van der Waals surface area contributed by atoms with Gasteiger partial charge in [-0.25, -0.2) is 0 Å². The Labute approximate surface area is 116 Å². The highest BCUT2D eigenvalue weighted by molar-refractivity contribution is 6.00. The first-order valence-corrected chi connectivity index (χ1v) is 6.59. The van der Waals surface area contributed by atoms with Gasteiger partial charge in [0.1, 0.15) is 11.3 Å². The fourth-order valence-electron chi connectivity index (χ4n) is 2.65. The van der Waals surface area contributed by atoms with E-state index in [0.29, 0.717) is 5.92 Å². The van der Waals surface area contributed by atoms with Crippen molar-refractivity contribution >= 4 is 17.3 Å². The van der Waals surface area contributed by atoms with Crippen LogP contribution in [0.1, 0.15) is 36.5 Å². The lowest BCUT2D eigenvalue weighted by atomic mass is 10.1. The number of hydrazine groups is 1. The number of nitro groups is 1. The van der Waals surface area contributed by atoms with Gasteiger partial charge in [0.2, 0.25) is 0 Å². The molecule has 2 unspecified atom stereocenters. The molecule has 1 aliphatic carbocycles. The molecular formula is C13H18N4O3. The number of nitro benzene ring substituents is 1. The third-order valence-corrected chi connectivity index (χ3v) is 3.80. The molecule has 0 bridgehead atoms. The van der Waals surface area contributed by atoms with Crippen LogP contribution in [-0.4, -0.2) is 16.9 Å². The molecule has 1 aromatic carbocycles. The first kappa shape index (κ1) is 14.3. The Morgan fingerprint density at radius 1 is 1.45 bits per heavy atom. The minimum atomic E-state index is -0.595. The highest BCUT2D eigenvalue weighted by Gasteiger charge is 2.29. The standard InChI is InChI=1S/C13H18N4O3/c1-8-4-2-6-10(8)15-13(18)9-5-3-7-11(16-14)12(9)17(19)20/h3,5,7-8,10,16H,2,4,6,14H2,1H3,(H,15,18). The Morgan fingerprint density at radius 2 is 2.20 bits per heavy atom. The highest BCUT2D eigenvalue weighted by atomic mass is 16.6. The van der Waals surface area contributed by atoms with Gasteiger partial charge in [-0.1, -0.05) is 19.4 Å². The summed E-state index contributed by atoms with van der Waals surface area (Å²) in [5, 5.41) is 14.0. The fourth-order valence-corrected chi connectivity index (χ4v) is 2.65. The van der Waals surface area contributed by atoms with Crippen molar-refractivity contribution < 1.29 is 9.72 Å². The predicted octanol–water partition coefficient (Wildman–Crippen LogP) is 1.80. The van der Waals surface area contributed by atoms with Crippen molar-refractivity contribution in [2.45, 2.75) is 32.2 Å². The number of anilines is 1. The van der Waals surface area contributed by atoms with E-state index in [2.05, 4.69) is 17.7 Å². The van der Waals surface area contributed by atoms with Gasteiger partial charge in [0.15, 0.2) is 0 Å². The molecule has 1 amide bonds. The molecule has 1 saturated carbocycles. The Kier molecular flexibility index (Phi) is 4.19. The number of nitrogen functional groups attached to an aromatic ring is 1. The summed E-state index contributed by atoms with van der Waals surface area (Å²) in [6.07, 6.45) is 3.05. The maximum atomic E-state index is 12.3. The second kappa shape index (κ2) is 5.87. The van der Waals surface area contributed by atoms with Crippen molar-refractivity contribution in [3.8, 4) is 0 Å². The molecule has 0 aromatic heterocycles. The molecule has 108 valence electrons. The largest absolute Gasteiger partial charge is 0.349 e. The molecule has 2 atom stereocenters. The van der Waals surface area contributed by atoms with E-state index in [0.717, 1.165) is 19.3 Å². The van der Waals surface area contributed by atoms with E-state index >= 15 is 0 Å². The SMILES string of the molecule is CC1CCCC1NC(=O)c1cccc(NN)c1[N+](=O)[O-]. The lowest BCUT2D eigenvalue weighted by Gasteiger charge is -2.17. The van der Waals surface area contributed by atoms with Crippen molar-refractivity contribution in [3.63, 3.8) is 0 Å². The summed E-state index contributed by atoms with van der Waals surface area (Å²) >= 11 is 0. The normalized spacial score (nSPS) is 21.5. The number of carbonyl (C=O) groups excluding carboxylic acids is 1. The van der Waals surface area contributed by atoms with E-state index in [-0.39, 0.29) is 23.0 Å². The first-order valence-electron chi connectivity index (χ1n) is 6.59. The van der Waals surface area contributed by atoms with Crippen LogP contribution in [0.2, 0.25) is 0 Å². The van der Waals surface area contributed by atoms with E-state index in [1.54, 1.807) is 6.07 Å². The van der Waals surface area contributed by atoms with Crippen LogP contribution in [0.4, 0.5) is 11.4 Å². The molecule has 20 heavy (non-hydrogen) atoms. The summed E-state index contributed by atoms with van der Waals surface area (Å²) in [5.74, 6) is 5.23. The molecule has 0 spiro atoms. The number of hydrogen-bond acceptors (Lipinski definition) is 5. The van der Waals surface area contributed by atoms with Crippen LogP contribution < -0.4 is 16.6 Å². The summed E-state index contributed by atoms with van der Waals surface area (Å²) < 4.78 is 0. The second-order valence-electron chi connectivity index (χ2n) is 5.09. The predicted molar refractivity (Wildman–Crippen MR) is 75.2 cm³/mol. The number of hydrogen-bond donors (Lipinski definition) is 3. The van der Waals surface area contributed by atoms with Crippen LogP contribution in [0.25, 0.3) is 0 Å². The van der Waals surface area contributed by atoms with E-state index in [1.165, 1.54) is 12.1 Å². The Hall–Kier alpha value is -2.15. The van der Waals surface area contributed by atoms with Crippen LogP contribution in [-0.2, 0) is 0 Å². The van der Waals surface area contributed by atoms with Gasteiger partial charge >= 0.3 is 5.69 Å². The number of nitrogens with two attached hydrogens (primary N) is 1. The first-order chi connectivity index (χ1) is 9.54. The molecule has 0 heterocycles. The zero-order valence-corrected chi connectivity index (χ0v) is 11.3. The average Bonchev–Trinajstić information content (AvgIpc) is 2.83. The summed E-state index contributed by atoms with van der Waals surface area (Å²) in [6, 6.07) is 4.55. The van der Waals surface area contributed by atoms with Gasteiger partial charge in [-0.2, -0.15) is 0 Å². The molecular weight excluding hydrogens is 260 g/mol. The van der Waals surface area contributed by atoms with Crippen molar-refractivity contribution in [1.82, 2.24) is 5.32 Å². The van der Waals surface area contributed by atoms with Crippen LogP contribution in [0.5, 0.6) is 0 Å². The topological polar surface area (TPSA) is 110 Å². The summed E-state index contributed by atoms with van der Waals surface area (Å²) in [7, 11) is 0. The van der Waals surface area contributed by atoms with Crippen molar-refractivity contribution in [2.24, 2.45) is 11.8 Å². The molecule has 0 aliphatic heterocycles. The fraction of sp³-hybridized carbons (Fsp3) is 0.462. The molecule has 7 nitrogen and oxygen atoms in total. The number of rotatable bonds is 4. The molecule has 0 radical (unpaired) electrons. The molecule has 2 rings (SSSR count). The summed E-state index contributed by atoms with van der Waals surface area (Å²) in [4.78, 5) is 22.8. The minimum Gasteiger partial charge on any atom is -0.349 e. The molecule has 0 saturated heterocycles. The van der Waals surface area contributed by atoms with Crippen molar-refractivity contribution in [3.05, 3.63) is 33.9 Å². The van der Waals surface area contributed by atoms with E-state index in [9.17, 15) is 14.9 Å². The Morgan fingerprint density at radius 3 is 2.75 bits per heavy atom. The van der Waals surface area contributed by atoms with Crippen molar-refractivity contribution in [2.75, 3.05) is 5.43 Å². The van der Waals surface area contributed by atoms with Crippen molar-refractivity contribution in [1.29, 1.82) is 0 Å². The number of benzene rings is 1. The molecule has 1 fully saturated rings. The molecule has 1 aliphatic rings. The van der Waals surface area contributed by atoms with E-state index in [1.807, 2.05) is 0 Å². The number of nitrogens with one attached hydrogen (secondary N) is 2. The lowest BCUT2D eigenvalue weighted by molar-refractivity contribution is -0.384. The minimum absolute atomic E-state index is 0.0320. The number of para-hydroxylation sites is 1. The van der Waals surface area contributed by atoms with Gasteiger partial charge in [0, 0.05) is 6.04 Å². The lowest BCUT2D eigenvalue weighted by Crippen LogP contribution is -2.36. The third kappa shape index (κ3) is 2.72. The van der Waals surface area contributed by atoms with Gasteiger partial charge in [0.05, 0.1) is 4.92 Å². The summed E-state index contributed by atoms with van der Waals surface area (Å²) in [5.41, 5.74) is 2.12. The quantitative estimate of drug-likeness (QED) is 0.442. The van der Waals surface area contributed by atoms with Gasteiger partial charge in [-0.05, 0) is 30.9 Å². The Bertz CT molecular complexity index is 532. The molecule has 1 aromatic rings. The van der Waals surface area contributed by atoms with Crippen LogP contribution >= 0.6 is 0 Å². The zero-order valence-electron chi connectivity index (χ0n) is 11.3. The van der Waals surface area contributed by atoms with Gasteiger partial charge in [0.25, 0.3) is 5.91 Å². The number of amides is 1. The molecule has 7 heteroatoms. The highest BCUT2D eigenvalue weighted by Crippen LogP contribution is 2.29. The summed E-state index contributed by atoms with van der Waals surface area (Å²) in [6.45, 7) is 2.07. The average molecular weight is 278 g/mol. The van der Waals surface area contributed by atoms with E-state index < -0.39 is 10.8 Å².